The first-order chi connectivity index (χ1) is 10.1. The van der Waals surface area contributed by atoms with Gasteiger partial charge in [-0.25, -0.2) is 0 Å². The van der Waals surface area contributed by atoms with Crippen LogP contribution in [0.2, 0.25) is 0 Å². The zero-order chi connectivity index (χ0) is 14.8. The van der Waals surface area contributed by atoms with Crippen LogP contribution in [0.25, 0.3) is 0 Å². The number of carbonyl (C=O) groups excluding carboxylic acids is 1. The molecule has 0 aliphatic carbocycles. The topological polar surface area (TPSA) is 78.8 Å². The monoisotopic (exact) mass is 288 g/mol. The second kappa shape index (κ2) is 5.69. The lowest BCUT2D eigenvalue weighted by Crippen LogP contribution is -2.21. The van der Waals surface area contributed by atoms with E-state index in [2.05, 4.69) is 25.5 Å². The minimum Gasteiger partial charge on any atom is -0.309 e. The molecule has 3 heterocycles. The highest BCUT2D eigenvalue weighted by atomic mass is 16.1. The van der Waals surface area contributed by atoms with Gasteiger partial charge in [-0.2, -0.15) is 10.2 Å². The van der Waals surface area contributed by atoms with Crippen molar-refractivity contribution in [3.05, 3.63) is 29.7 Å². The third-order valence-electron chi connectivity index (χ3n) is 3.86. The van der Waals surface area contributed by atoms with Gasteiger partial charge in [-0.3, -0.25) is 19.5 Å². The number of aromatic nitrogens is 4. The smallest absolute Gasteiger partial charge is 0.222 e. The Morgan fingerprint density at radius 2 is 2.43 bits per heavy atom. The van der Waals surface area contributed by atoms with Crippen LogP contribution in [-0.2, 0) is 11.3 Å². The van der Waals surface area contributed by atoms with Crippen LogP contribution >= 0.6 is 0 Å². The average Bonchev–Trinajstić information content (AvgIpc) is 3.12. The molecule has 1 fully saturated rings. The van der Waals surface area contributed by atoms with Crippen LogP contribution in [0.15, 0.2) is 18.5 Å². The summed E-state index contributed by atoms with van der Waals surface area (Å²) in [7, 11) is 0. The van der Waals surface area contributed by atoms with Crippen LogP contribution in [-0.4, -0.2) is 43.9 Å². The van der Waals surface area contributed by atoms with E-state index < -0.39 is 0 Å². The molecule has 0 spiro atoms. The van der Waals surface area contributed by atoms with Crippen molar-refractivity contribution in [1.29, 1.82) is 0 Å². The lowest BCUT2D eigenvalue weighted by molar-refractivity contribution is -0.114. The zero-order valence-electron chi connectivity index (χ0n) is 12.3. The largest absolute Gasteiger partial charge is 0.309 e. The fourth-order valence-corrected chi connectivity index (χ4v) is 2.74. The van der Waals surface area contributed by atoms with Crippen molar-refractivity contribution in [3.8, 4) is 0 Å². The molecule has 21 heavy (non-hydrogen) atoms. The number of nitrogens with one attached hydrogen (secondary N) is 2. The molecule has 7 nitrogen and oxygen atoms in total. The van der Waals surface area contributed by atoms with Crippen molar-refractivity contribution < 1.29 is 4.79 Å². The van der Waals surface area contributed by atoms with Crippen LogP contribution in [0, 0.1) is 6.92 Å². The number of anilines is 1. The molecule has 0 saturated carbocycles. The lowest BCUT2D eigenvalue weighted by atomic mass is 10.2. The maximum absolute atomic E-state index is 11.0. The maximum atomic E-state index is 11.0. The minimum absolute atomic E-state index is 0.0938. The molecule has 0 aromatic carbocycles. The van der Waals surface area contributed by atoms with E-state index in [9.17, 15) is 4.79 Å². The summed E-state index contributed by atoms with van der Waals surface area (Å²) < 4.78 is 1.95. The van der Waals surface area contributed by atoms with Gasteiger partial charge in [0.05, 0.1) is 12.2 Å². The Morgan fingerprint density at radius 1 is 1.57 bits per heavy atom. The number of aryl methyl sites for hydroxylation is 1. The number of hydrogen-bond donors (Lipinski definition) is 2. The van der Waals surface area contributed by atoms with E-state index in [-0.39, 0.29) is 5.91 Å². The second-order valence-electron chi connectivity index (χ2n) is 5.56. The van der Waals surface area contributed by atoms with Crippen molar-refractivity contribution in [1.82, 2.24) is 24.9 Å². The number of aromatic amines is 1. The number of hydrogen-bond acceptors (Lipinski definition) is 4. The Bertz CT molecular complexity index is 631. The molecule has 2 N–H and O–H groups in total. The van der Waals surface area contributed by atoms with Gasteiger partial charge in [-0.1, -0.05) is 0 Å². The Kier molecular flexibility index (Phi) is 3.74. The summed E-state index contributed by atoms with van der Waals surface area (Å²) in [5.74, 6) is 0.523. The summed E-state index contributed by atoms with van der Waals surface area (Å²) in [6.07, 6.45) is 4.89. The Hall–Kier alpha value is -2.15. The van der Waals surface area contributed by atoms with Crippen molar-refractivity contribution in [3.63, 3.8) is 0 Å². The van der Waals surface area contributed by atoms with E-state index in [4.69, 9.17) is 0 Å². The molecular formula is C14H20N6O. The third kappa shape index (κ3) is 3.13. The first-order valence-electron chi connectivity index (χ1n) is 7.16. The van der Waals surface area contributed by atoms with E-state index >= 15 is 0 Å². The summed E-state index contributed by atoms with van der Waals surface area (Å²) in [4.78, 5) is 13.4. The van der Waals surface area contributed by atoms with Gasteiger partial charge in [-0.15, -0.1) is 0 Å². The fourth-order valence-electron chi connectivity index (χ4n) is 2.74. The van der Waals surface area contributed by atoms with Gasteiger partial charge in [0.2, 0.25) is 5.91 Å². The van der Waals surface area contributed by atoms with E-state index in [1.165, 1.54) is 12.5 Å². The van der Waals surface area contributed by atoms with Gasteiger partial charge >= 0.3 is 0 Å². The molecule has 1 aliphatic heterocycles. The lowest BCUT2D eigenvalue weighted by Gasteiger charge is -2.15. The fraction of sp³-hybridized carbons (Fsp3) is 0.500. The highest BCUT2D eigenvalue weighted by Crippen LogP contribution is 2.23. The van der Waals surface area contributed by atoms with Crippen LogP contribution in [0.4, 0.5) is 5.82 Å². The molecule has 2 aromatic rings. The number of H-pyrrole nitrogens is 1. The van der Waals surface area contributed by atoms with Crippen LogP contribution in [0.5, 0.6) is 0 Å². The zero-order valence-corrected chi connectivity index (χ0v) is 12.3. The number of rotatable bonds is 4. The van der Waals surface area contributed by atoms with Crippen LogP contribution in [0.1, 0.15) is 30.6 Å². The molecule has 3 rings (SSSR count). The minimum atomic E-state index is -0.0938. The molecular weight excluding hydrogens is 268 g/mol. The first-order valence-corrected chi connectivity index (χ1v) is 7.16. The molecule has 1 atom stereocenters. The van der Waals surface area contributed by atoms with Gasteiger partial charge in [0.1, 0.15) is 0 Å². The van der Waals surface area contributed by atoms with E-state index in [0.717, 1.165) is 31.7 Å². The number of amides is 1. The third-order valence-corrected chi connectivity index (χ3v) is 3.86. The van der Waals surface area contributed by atoms with E-state index in [1.54, 1.807) is 0 Å². The molecule has 0 radical (unpaired) electrons. The molecule has 1 unspecified atom stereocenters. The maximum Gasteiger partial charge on any atom is 0.222 e. The van der Waals surface area contributed by atoms with Crippen molar-refractivity contribution >= 4 is 11.7 Å². The van der Waals surface area contributed by atoms with E-state index in [0.29, 0.717) is 11.9 Å². The van der Waals surface area contributed by atoms with Gasteiger partial charge in [0.25, 0.3) is 0 Å². The molecule has 1 saturated heterocycles. The van der Waals surface area contributed by atoms with E-state index in [1.807, 2.05) is 30.1 Å². The average molecular weight is 288 g/mol. The number of nitrogens with zero attached hydrogens (tertiary/aromatic N) is 4. The number of likely N-dealkylation sites (tertiary alicyclic amines) is 1. The molecule has 1 amide bonds. The summed E-state index contributed by atoms with van der Waals surface area (Å²) in [5.41, 5.74) is 2.38. The highest BCUT2D eigenvalue weighted by Gasteiger charge is 2.25. The highest BCUT2D eigenvalue weighted by molar-refractivity contribution is 5.87. The standard InChI is InChI=1S/C14H20N6O/c1-10-12(7-15-17-10)8-19-5-3-13(9-19)20-6-4-14(18-20)16-11(2)21/h4,6-7,13H,3,5,8-9H2,1-2H3,(H,15,17)(H,16,18,21). The summed E-state index contributed by atoms with van der Waals surface area (Å²) in [6.45, 7) is 6.46. The summed E-state index contributed by atoms with van der Waals surface area (Å²) in [6, 6.07) is 2.20. The predicted molar refractivity (Wildman–Crippen MR) is 78.8 cm³/mol. The molecule has 7 heteroatoms. The molecule has 0 bridgehead atoms. The van der Waals surface area contributed by atoms with Gasteiger partial charge in [-0.05, 0) is 13.3 Å². The predicted octanol–water partition coefficient (Wildman–Crippen LogP) is 1.32. The van der Waals surface area contributed by atoms with Gasteiger partial charge in [0, 0.05) is 50.1 Å². The van der Waals surface area contributed by atoms with Crippen molar-refractivity contribution in [2.45, 2.75) is 32.9 Å². The SMILES string of the molecule is CC(=O)Nc1ccn(C2CCN(Cc3cn[nH]c3C)C2)n1. The number of carbonyl (C=O) groups is 1. The Balaban J connectivity index is 1.60. The van der Waals surface area contributed by atoms with Gasteiger partial charge < -0.3 is 5.32 Å². The molecule has 2 aromatic heterocycles. The normalized spacial score (nSPS) is 19.0. The van der Waals surface area contributed by atoms with Crippen molar-refractivity contribution in [2.24, 2.45) is 0 Å². The Labute approximate surface area is 123 Å². The first kappa shape index (κ1) is 13.8. The van der Waals surface area contributed by atoms with Crippen molar-refractivity contribution in [2.75, 3.05) is 18.4 Å². The Morgan fingerprint density at radius 3 is 3.14 bits per heavy atom. The quantitative estimate of drug-likeness (QED) is 0.889. The summed E-state index contributed by atoms with van der Waals surface area (Å²) in [5, 5.41) is 14.2. The second-order valence-corrected chi connectivity index (χ2v) is 5.56. The molecule has 112 valence electrons. The van der Waals surface area contributed by atoms with Crippen LogP contribution in [0.3, 0.4) is 0 Å². The van der Waals surface area contributed by atoms with Crippen LogP contribution < -0.4 is 5.32 Å². The summed E-state index contributed by atoms with van der Waals surface area (Å²) >= 11 is 0. The van der Waals surface area contributed by atoms with Gasteiger partial charge in [0.15, 0.2) is 5.82 Å². The molecule has 1 aliphatic rings.